The molecule has 2 aliphatic rings. The molecule has 0 aromatic carbocycles. The van der Waals surface area contributed by atoms with Gasteiger partial charge in [0.1, 0.15) is 0 Å². The second kappa shape index (κ2) is 5.83. The molecule has 4 nitrogen and oxygen atoms in total. The van der Waals surface area contributed by atoms with Crippen LogP contribution in [0.2, 0.25) is 0 Å². The van der Waals surface area contributed by atoms with E-state index in [9.17, 15) is 4.79 Å². The number of nitrogens with two attached hydrogens (primary N) is 1. The maximum absolute atomic E-state index is 11.4. The van der Waals surface area contributed by atoms with E-state index in [4.69, 9.17) is 5.73 Å². The Kier molecular flexibility index (Phi) is 4.40. The van der Waals surface area contributed by atoms with E-state index in [0.29, 0.717) is 5.92 Å². The molecule has 1 unspecified atom stereocenters. The molecule has 1 saturated heterocycles. The van der Waals surface area contributed by atoms with Crippen LogP contribution in [0.3, 0.4) is 0 Å². The molecule has 98 valence electrons. The fourth-order valence-corrected chi connectivity index (χ4v) is 2.86. The number of hydrogen-bond acceptors (Lipinski definition) is 3. The van der Waals surface area contributed by atoms with Crippen molar-refractivity contribution >= 4 is 5.91 Å². The highest BCUT2D eigenvalue weighted by Gasteiger charge is 2.31. The van der Waals surface area contributed by atoms with Crippen LogP contribution in [-0.2, 0) is 4.79 Å². The first kappa shape index (κ1) is 12.8. The molecule has 1 amide bonds. The predicted molar refractivity (Wildman–Crippen MR) is 68.6 cm³/mol. The maximum atomic E-state index is 11.4. The standard InChI is InChI=1S/C13H25N3O/c1-11(17)15-7-2-3-12(9-15)10-16(8-6-14)13-4-5-13/h12-13H,2-10,14H2,1H3. The van der Waals surface area contributed by atoms with Crippen LogP contribution in [0.15, 0.2) is 0 Å². The SMILES string of the molecule is CC(=O)N1CCCC(CN(CCN)C2CC2)C1. The molecule has 0 aromatic heterocycles. The number of rotatable bonds is 5. The molecule has 4 heteroatoms. The van der Waals surface area contributed by atoms with Gasteiger partial charge >= 0.3 is 0 Å². The van der Waals surface area contributed by atoms with Crippen LogP contribution < -0.4 is 5.73 Å². The van der Waals surface area contributed by atoms with Crippen molar-refractivity contribution in [2.45, 2.75) is 38.6 Å². The Hall–Kier alpha value is -0.610. The van der Waals surface area contributed by atoms with Crippen molar-refractivity contribution in [3.8, 4) is 0 Å². The van der Waals surface area contributed by atoms with Crippen molar-refractivity contribution in [3.05, 3.63) is 0 Å². The molecular formula is C13H25N3O. The number of amides is 1. The fraction of sp³-hybridized carbons (Fsp3) is 0.923. The molecule has 2 N–H and O–H groups in total. The summed E-state index contributed by atoms with van der Waals surface area (Å²) in [6, 6.07) is 0.784. The van der Waals surface area contributed by atoms with Gasteiger partial charge in [-0.2, -0.15) is 0 Å². The molecule has 0 radical (unpaired) electrons. The number of nitrogens with zero attached hydrogens (tertiary/aromatic N) is 2. The Morgan fingerprint density at radius 3 is 2.76 bits per heavy atom. The minimum atomic E-state index is 0.228. The molecule has 0 spiro atoms. The smallest absolute Gasteiger partial charge is 0.219 e. The second-order valence-corrected chi connectivity index (χ2v) is 5.49. The molecular weight excluding hydrogens is 214 g/mol. The van der Waals surface area contributed by atoms with Crippen molar-refractivity contribution in [1.82, 2.24) is 9.80 Å². The zero-order chi connectivity index (χ0) is 12.3. The van der Waals surface area contributed by atoms with Crippen molar-refractivity contribution < 1.29 is 4.79 Å². The summed E-state index contributed by atoms with van der Waals surface area (Å²) >= 11 is 0. The highest BCUT2D eigenvalue weighted by molar-refractivity contribution is 5.73. The lowest BCUT2D eigenvalue weighted by Crippen LogP contribution is -2.44. The van der Waals surface area contributed by atoms with Crippen LogP contribution in [0.1, 0.15) is 32.6 Å². The van der Waals surface area contributed by atoms with E-state index in [1.165, 1.54) is 19.3 Å². The lowest BCUT2D eigenvalue weighted by atomic mass is 9.97. The van der Waals surface area contributed by atoms with E-state index >= 15 is 0 Å². The monoisotopic (exact) mass is 239 g/mol. The van der Waals surface area contributed by atoms with E-state index < -0.39 is 0 Å². The lowest BCUT2D eigenvalue weighted by Gasteiger charge is -2.35. The largest absolute Gasteiger partial charge is 0.343 e. The zero-order valence-corrected chi connectivity index (χ0v) is 10.9. The number of hydrogen-bond donors (Lipinski definition) is 1. The van der Waals surface area contributed by atoms with Gasteiger partial charge in [-0.1, -0.05) is 0 Å². The van der Waals surface area contributed by atoms with Gasteiger partial charge in [-0.25, -0.2) is 0 Å². The van der Waals surface area contributed by atoms with Gasteiger partial charge in [-0.05, 0) is 31.6 Å². The molecule has 0 bridgehead atoms. The predicted octanol–water partition coefficient (Wildman–Crippen LogP) is 0.668. The quantitative estimate of drug-likeness (QED) is 0.767. The Bertz CT molecular complexity index is 265. The first-order chi connectivity index (χ1) is 8.20. The molecule has 1 heterocycles. The lowest BCUT2D eigenvalue weighted by molar-refractivity contribution is -0.130. The second-order valence-electron chi connectivity index (χ2n) is 5.49. The molecule has 2 rings (SSSR count). The fourth-order valence-electron chi connectivity index (χ4n) is 2.86. The van der Waals surface area contributed by atoms with E-state index in [0.717, 1.165) is 45.2 Å². The average Bonchev–Trinajstić information content (AvgIpc) is 3.13. The zero-order valence-electron chi connectivity index (χ0n) is 10.9. The minimum absolute atomic E-state index is 0.228. The van der Waals surface area contributed by atoms with Crippen LogP contribution in [0.25, 0.3) is 0 Å². The average molecular weight is 239 g/mol. The van der Waals surface area contributed by atoms with Crippen LogP contribution in [0.4, 0.5) is 0 Å². The summed E-state index contributed by atoms with van der Waals surface area (Å²) in [7, 11) is 0. The summed E-state index contributed by atoms with van der Waals surface area (Å²) in [6.45, 7) is 6.47. The first-order valence-electron chi connectivity index (χ1n) is 6.90. The molecule has 1 atom stereocenters. The third-order valence-corrected chi connectivity index (χ3v) is 3.94. The van der Waals surface area contributed by atoms with Crippen molar-refractivity contribution in [1.29, 1.82) is 0 Å². The Morgan fingerprint density at radius 1 is 1.41 bits per heavy atom. The van der Waals surface area contributed by atoms with Gasteiger partial charge in [-0.3, -0.25) is 9.69 Å². The summed E-state index contributed by atoms with van der Waals surface area (Å²) in [5.74, 6) is 0.881. The number of carbonyl (C=O) groups is 1. The van der Waals surface area contributed by atoms with E-state index in [1.807, 2.05) is 4.90 Å². The molecule has 1 aliphatic carbocycles. The van der Waals surface area contributed by atoms with E-state index in [-0.39, 0.29) is 5.91 Å². The van der Waals surface area contributed by atoms with Gasteiger partial charge in [0.2, 0.25) is 5.91 Å². The van der Waals surface area contributed by atoms with Gasteiger partial charge < -0.3 is 10.6 Å². The number of likely N-dealkylation sites (tertiary alicyclic amines) is 1. The Balaban J connectivity index is 1.82. The van der Waals surface area contributed by atoms with Crippen molar-refractivity contribution in [3.63, 3.8) is 0 Å². The van der Waals surface area contributed by atoms with Gasteiger partial charge in [0.05, 0.1) is 0 Å². The van der Waals surface area contributed by atoms with Gasteiger partial charge in [0, 0.05) is 45.7 Å². The third-order valence-electron chi connectivity index (χ3n) is 3.94. The van der Waals surface area contributed by atoms with E-state index in [2.05, 4.69) is 4.90 Å². The molecule has 1 aliphatic heterocycles. The van der Waals surface area contributed by atoms with Gasteiger partial charge in [-0.15, -0.1) is 0 Å². The van der Waals surface area contributed by atoms with E-state index in [1.54, 1.807) is 6.92 Å². The van der Waals surface area contributed by atoms with Crippen molar-refractivity contribution in [2.75, 3.05) is 32.7 Å². The topological polar surface area (TPSA) is 49.6 Å². The van der Waals surface area contributed by atoms with Crippen LogP contribution in [-0.4, -0.2) is 54.5 Å². The van der Waals surface area contributed by atoms with Crippen molar-refractivity contribution in [2.24, 2.45) is 11.7 Å². The summed E-state index contributed by atoms with van der Waals surface area (Å²) in [5.41, 5.74) is 5.67. The van der Waals surface area contributed by atoms with Crippen LogP contribution in [0.5, 0.6) is 0 Å². The molecule has 0 aromatic rings. The van der Waals surface area contributed by atoms with Crippen LogP contribution >= 0.6 is 0 Å². The summed E-state index contributed by atoms with van der Waals surface area (Å²) in [4.78, 5) is 15.9. The van der Waals surface area contributed by atoms with Gasteiger partial charge in [0.15, 0.2) is 0 Å². The summed E-state index contributed by atoms with van der Waals surface area (Å²) in [5, 5.41) is 0. The number of piperidine rings is 1. The Labute approximate surface area is 104 Å². The first-order valence-corrected chi connectivity index (χ1v) is 6.90. The molecule has 1 saturated carbocycles. The van der Waals surface area contributed by atoms with Gasteiger partial charge in [0.25, 0.3) is 0 Å². The maximum Gasteiger partial charge on any atom is 0.219 e. The summed E-state index contributed by atoms with van der Waals surface area (Å²) < 4.78 is 0. The third kappa shape index (κ3) is 3.68. The molecule has 17 heavy (non-hydrogen) atoms. The normalized spacial score (nSPS) is 25.4. The molecule has 2 fully saturated rings. The summed E-state index contributed by atoms with van der Waals surface area (Å²) in [6.07, 6.45) is 5.09. The minimum Gasteiger partial charge on any atom is -0.343 e. The highest BCUT2D eigenvalue weighted by atomic mass is 16.2. The number of carbonyl (C=O) groups excluding carboxylic acids is 1. The highest BCUT2D eigenvalue weighted by Crippen LogP contribution is 2.28. The van der Waals surface area contributed by atoms with Crippen LogP contribution in [0, 0.1) is 5.92 Å². The Morgan fingerprint density at radius 2 is 2.18 bits per heavy atom.